The number of hydrogen-bond donors (Lipinski definition) is 0. The number of carbonyl (C=O) groups is 1. The fraction of sp³-hybridized carbons (Fsp3) is 0.812. The normalized spacial score (nSPS) is 36.2. The second-order valence-corrected chi connectivity index (χ2v) is 9.06. The van der Waals surface area contributed by atoms with Crippen molar-refractivity contribution in [1.82, 2.24) is 4.90 Å². The molecule has 0 spiro atoms. The molecule has 1 heterocycles. The van der Waals surface area contributed by atoms with Crippen molar-refractivity contribution in [2.24, 2.45) is 17.8 Å². The lowest BCUT2D eigenvalue weighted by Gasteiger charge is -2.32. The lowest BCUT2D eigenvalue weighted by Crippen LogP contribution is -2.45. The van der Waals surface area contributed by atoms with E-state index in [4.69, 9.17) is 0 Å². The quantitative estimate of drug-likeness (QED) is 0.730. The molecule has 2 fully saturated rings. The Kier molecular flexibility index (Phi) is 4.12. The van der Waals surface area contributed by atoms with Crippen LogP contribution in [0, 0.1) is 17.8 Å². The van der Waals surface area contributed by atoms with E-state index in [9.17, 15) is 13.2 Å². The molecule has 4 nitrogen and oxygen atoms in total. The highest BCUT2D eigenvalue weighted by Gasteiger charge is 2.44. The van der Waals surface area contributed by atoms with Gasteiger partial charge in [-0.15, -0.1) is 0 Å². The molecule has 21 heavy (non-hydrogen) atoms. The zero-order valence-electron chi connectivity index (χ0n) is 12.7. The van der Waals surface area contributed by atoms with E-state index in [0.29, 0.717) is 24.8 Å². The lowest BCUT2D eigenvalue weighted by molar-refractivity contribution is -0.138. The van der Waals surface area contributed by atoms with E-state index < -0.39 is 9.84 Å². The zero-order valence-corrected chi connectivity index (χ0v) is 13.5. The summed E-state index contributed by atoms with van der Waals surface area (Å²) in [7, 11) is -2.94. The molecule has 0 aromatic carbocycles. The van der Waals surface area contributed by atoms with Gasteiger partial charge in [0.15, 0.2) is 9.84 Å². The van der Waals surface area contributed by atoms with Gasteiger partial charge < -0.3 is 4.90 Å². The fourth-order valence-electron chi connectivity index (χ4n) is 4.10. The van der Waals surface area contributed by atoms with Crippen molar-refractivity contribution in [2.75, 3.05) is 18.1 Å². The number of nitrogens with zero attached hydrogens (tertiary/aromatic N) is 1. The molecule has 5 heteroatoms. The molecule has 0 aromatic rings. The summed E-state index contributed by atoms with van der Waals surface area (Å²) in [4.78, 5) is 14.8. The molecule has 1 aliphatic heterocycles. The minimum absolute atomic E-state index is 0.0860. The van der Waals surface area contributed by atoms with Crippen molar-refractivity contribution >= 4 is 15.7 Å². The minimum Gasteiger partial charge on any atom is -0.338 e. The molecule has 1 amide bonds. The first-order chi connectivity index (χ1) is 10.00. The lowest BCUT2D eigenvalue weighted by atomic mass is 9.91. The predicted molar refractivity (Wildman–Crippen MR) is 82.5 cm³/mol. The Bertz CT molecular complexity index is 540. The number of unbranched alkanes of at least 4 members (excludes halogenated alkanes) is 1. The third-order valence-corrected chi connectivity index (χ3v) is 7.03. The van der Waals surface area contributed by atoms with E-state index in [1.54, 1.807) is 0 Å². The first-order valence-corrected chi connectivity index (χ1v) is 10.0. The van der Waals surface area contributed by atoms with Gasteiger partial charge in [0.25, 0.3) is 0 Å². The van der Waals surface area contributed by atoms with E-state index >= 15 is 0 Å². The Morgan fingerprint density at radius 2 is 2.10 bits per heavy atom. The molecule has 2 bridgehead atoms. The van der Waals surface area contributed by atoms with Gasteiger partial charge in [0, 0.05) is 18.5 Å². The molecule has 0 unspecified atom stereocenters. The van der Waals surface area contributed by atoms with Gasteiger partial charge >= 0.3 is 0 Å². The molecule has 3 rings (SSSR count). The van der Waals surface area contributed by atoms with Crippen LogP contribution >= 0.6 is 0 Å². The average molecular weight is 311 g/mol. The summed E-state index contributed by atoms with van der Waals surface area (Å²) in [6.45, 7) is 2.82. The highest BCUT2D eigenvalue weighted by atomic mass is 32.2. The number of allylic oxidation sites excluding steroid dienone is 2. The van der Waals surface area contributed by atoms with Crippen molar-refractivity contribution in [3.8, 4) is 0 Å². The maximum atomic E-state index is 12.9. The summed E-state index contributed by atoms with van der Waals surface area (Å²) in [6, 6.07) is -0.0860. The van der Waals surface area contributed by atoms with Gasteiger partial charge in [-0.1, -0.05) is 25.5 Å². The van der Waals surface area contributed by atoms with Crippen LogP contribution in [0.4, 0.5) is 0 Å². The Balaban J connectivity index is 1.73. The van der Waals surface area contributed by atoms with Crippen LogP contribution < -0.4 is 0 Å². The van der Waals surface area contributed by atoms with Gasteiger partial charge in [-0.05, 0) is 37.5 Å². The van der Waals surface area contributed by atoms with Crippen LogP contribution in [0.3, 0.4) is 0 Å². The highest BCUT2D eigenvalue weighted by Crippen LogP contribution is 2.44. The van der Waals surface area contributed by atoms with Crippen molar-refractivity contribution < 1.29 is 13.2 Å². The van der Waals surface area contributed by atoms with E-state index in [0.717, 1.165) is 25.7 Å². The third-order valence-electron chi connectivity index (χ3n) is 5.28. The first kappa shape index (κ1) is 15.1. The van der Waals surface area contributed by atoms with Crippen molar-refractivity contribution in [1.29, 1.82) is 0 Å². The zero-order chi connectivity index (χ0) is 15.0. The Labute approximate surface area is 127 Å². The molecule has 1 saturated heterocycles. The maximum absolute atomic E-state index is 12.9. The topological polar surface area (TPSA) is 54.5 Å². The SMILES string of the molecule is CCCCN(C(=O)[C@@H]1C[C@H]2C=C[C@H]1C2)[C@H]1CCS(=O)(=O)C1. The molecular weight excluding hydrogens is 286 g/mol. The van der Waals surface area contributed by atoms with Crippen molar-refractivity contribution in [3.63, 3.8) is 0 Å². The van der Waals surface area contributed by atoms with Crippen molar-refractivity contribution in [3.05, 3.63) is 12.2 Å². The Morgan fingerprint density at radius 1 is 1.29 bits per heavy atom. The average Bonchev–Trinajstić information content (AvgIpc) is 3.14. The number of fused-ring (bicyclic) bond motifs is 2. The molecule has 1 saturated carbocycles. The van der Waals surface area contributed by atoms with Crippen LogP contribution in [0.15, 0.2) is 12.2 Å². The van der Waals surface area contributed by atoms with Crippen LogP contribution in [-0.2, 0) is 14.6 Å². The summed E-state index contributed by atoms with van der Waals surface area (Å²) >= 11 is 0. The number of sulfone groups is 1. The van der Waals surface area contributed by atoms with E-state index in [-0.39, 0.29) is 29.4 Å². The largest absolute Gasteiger partial charge is 0.338 e. The van der Waals surface area contributed by atoms with Crippen LogP contribution in [0.5, 0.6) is 0 Å². The van der Waals surface area contributed by atoms with Crippen LogP contribution in [0.25, 0.3) is 0 Å². The van der Waals surface area contributed by atoms with Gasteiger partial charge in [-0.25, -0.2) is 8.42 Å². The monoisotopic (exact) mass is 311 g/mol. The number of hydrogen-bond acceptors (Lipinski definition) is 3. The molecule has 3 aliphatic rings. The molecule has 0 aromatic heterocycles. The molecule has 2 aliphatic carbocycles. The Morgan fingerprint density at radius 3 is 2.62 bits per heavy atom. The smallest absolute Gasteiger partial charge is 0.226 e. The van der Waals surface area contributed by atoms with Crippen molar-refractivity contribution in [2.45, 2.75) is 45.1 Å². The predicted octanol–water partition coefficient (Wildman–Crippen LogP) is 2.01. The summed E-state index contributed by atoms with van der Waals surface area (Å²) in [5, 5.41) is 0. The van der Waals surface area contributed by atoms with Crippen LogP contribution in [0.1, 0.15) is 39.0 Å². The highest BCUT2D eigenvalue weighted by molar-refractivity contribution is 7.91. The Hall–Kier alpha value is -0.840. The number of carbonyl (C=O) groups excluding carboxylic acids is 1. The molecule has 118 valence electrons. The van der Waals surface area contributed by atoms with Gasteiger partial charge in [0.1, 0.15) is 0 Å². The van der Waals surface area contributed by atoms with Gasteiger partial charge in [0.05, 0.1) is 11.5 Å². The van der Waals surface area contributed by atoms with Crippen LogP contribution in [0.2, 0.25) is 0 Å². The second kappa shape index (κ2) is 5.75. The first-order valence-electron chi connectivity index (χ1n) is 8.19. The molecule has 0 N–H and O–H groups in total. The standard InChI is InChI=1S/C16H25NO3S/c1-2-3-7-17(14-6-8-21(19,20)11-14)16(18)15-10-12-4-5-13(15)9-12/h4-5,12-15H,2-3,6-11H2,1H3/t12-,13-,14-,15+/m0/s1. The summed E-state index contributed by atoms with van der Waals surface area (Å²) in [5.41, 5.74) is 0. The maximum Gasteiger partial charge on any atom is 0.226 e. The number of amides is 1. The van der Waals surface area contributed by atoms with Gasteiger partial charge in [-0.3, -0.25) is 4.79 Å². The van der Waals surface area contributed by atoms with E-state index in [1.807, 2.05) is 4.90 Å². The minimum atomic E-state index is -2.94. The van der Waals surface area contributed by atoms with Gasteiger partial charge in [-0.2, -0.15) is 0 Å². The molecule has 4 atom stereocenters. The van der Waals surface area contributed by atoms with Crippen LogP contribution in [-0.4, -0.2) is 43.3 Å². The summed E-state index contributed by atoms with van der Waals surface area (Å²) in [6.07, 6.45) is 9.11. The van der Waals surface area contributed by atoms with Gasteiger partial charge in [0.2, 0.25) is 5.91 Å². The number of rotatable bonds is 5. The molecular formula is C16H25NO3S. The summed E-state index contributed by atoms with van der Waals surface area (Å²) < 4.78 is 23.5. The third kappa shape index (κ3) is 3.03. The van der Waals surface area contributed by atoms with E-state index in [1.165, 1.54) is 0 Å². The molecule has 0 radical (unpaired) electrons. The summed E-state index contributed by atoms with van der Waals surface area (Å²) in [5.74, 6) is 1.68. The second-order valence-electron chi connectivity index (χ2n) is 6.83. The fourth-order valence-corrected chi connectivity index (χ4v) is 5.83. The van der Waals surface area contributed by atoms with E-state index in [2.05, 4.69) is 19.1 Å².